The fourth-order valence-corrected chi connectivity index (χ4v) is 2.46. The van der Waals surface area contributed by atoms with Crippen molar-refractivity contribution >= 4 is 23.3 Å². The van der Waals surface area contributed by atoms with Gasteiger partial charge in [0.15, 0.2) is 6.61 Å². The summed E-state index contributed by atoms with van der Waals surface area (Å²) in [5.74, 6) is -1.03. The molecular formula is C18H19N3O4. The standard InChI is InChI=1S/C18H19N3O4/c22-17(13-25-18(23)16-3-1-2-8-19-16)20-14-4-6-15(7-5-14)21-9-11-24-12-10-21/h1-8H,9-13H2,(H,20,22). The normalized spacial score (nSPS) is 14.0. The molecule has 1 aliphatic heterocycles. The number of ether oxygens (including phenoxy) is 2. The van der Waals surface area contributed by atoms with Gasteiger partial charge in [-0.1, -0.05) is 6.07 Å². The van der Waals surface area contributed by atoms with E-state index in [2.05, 4.69) is 15.2 Å². The number of hydrogen-bond donors (Lipinski definition) is 1. The Morgan fingerprint density at radius 2 is 1.88 bits per heavy atom. The molecule has 25 heavy (non-hydrogen) atoms. The molecule has 7 heteroatoms. The van der Waals surface area contributed by atoms with Crippen molar-refractivity contribution in [1.82, 2.24) is 4.98 Å². The number of nitrogens with one attached hydrogen (secondary N) is 1. The van der Waals surface area contributed by atoms with Crippen LogP contribution >= 0.6 is 0 Å². The molecule has 2 heterocycles. The van der Waals surface area contributed by atoms with Gasteiger partial charge in [0.25, 0.3) is 5.91 Å². The molecular weight excluding hydrogens is 322 g/mol. The molecule has 3 rings (SSSR count). The van der Waals surface area contributed by atoms with Crippen LogP contribution < -0.4 is 10.2 Å². The molecule has 1 saturated heterocycles. The molecule has 0 aliphatic carbocycles. The highest BCUT2D eigenvalue weighted by molar-refractivity contribution is 5.94. The van der Waals surface area contributed by atoms with Gasteiger partial charge in [0.2, 0.25) is 0 Å². The number of esters is 1. The number of carbonyl (C=O) groups excluding carboxylic acids is 2. The third kappa shape index (κ3) is 4.77. The van der Waals surface area contributed by atoms with Gasteiger partial charge in [0, 0.05) is 30.7 Å². The fraction of sp³-hybridized carbons (Fsp3) is 0.278. The highest BCUT2D eigenvalue weighted by Gasteiger charge is 2.13. The van der Waals surface area contributed by atoms with Crippen molar-refractivity contribution in [2.24, 2.45) is 0 Å². The molecule has 1 fully saturated rings. The Morgan fingerprint density at radius 3 is 2.56 bits per heavy atom. The number of anilines is 2. The van der Waals surface area contributed by atoms with Gasteiger partial charge in [0.1, 0.15) is 5.69 Å². The Kier molecular flexibility index (Phi) is 5.58. The number of amides is 1. The van der Waals surface area contributed by atoms with E-state index in [1.807, 2.05) is 24.3 Å². The van der Waals surface area contributed by atoms with E-state index in [0.29, 0.717) is 5.69 Å². The van der Waals surface area contributed by atoms with Gasteiger partial charge in [0.05, 0.1) is 13.2 Å². The Hall–Kier alpha value is -2.93. The van der Waals surface area contributed by atoms with Crippen LogP contribution in [-0.2, 0) is 14.3 Å². The number of aromatic nitrogens is 1. The van der Waals surface area contributed by atoms with Gasteiger partial charge in [-0.15, -0.1) is 0 Å². The second-order valence-corrected chi connectivity index (χ2v) is 5.49. The minimum atomic E-state index is -0.626. The number of benzene rings is 1. The highest BCUT2D eigenvalue weighted by Crippen LogP contribution is 2.19. The zero-order chi connectivity index (χ0) is 17.5. The van der Waals surface area contributed by atoms with Crippen molar-refractivity contribution in [3.63, 3.8) is 0 Å². The second kappa shape index (κ2) is 8.25. The Morgan fingerprint density at radius 1 is 1.12 bits per heavy atom. The summed E-state index contributed by atoms with van der Waals surface area (Å²) in [7, 11) is 0. The highest BCUT2D eigenvalue weighted by atomic mass is 16.5. The van der Waals surface area contributed by atoms with E-state index in [1.54, 1.807) is 12.1 Å². The molecule has 7 nitrogen and oxygen atoms in total. The summed E-state index contributed by atoms with van der Waals surface area (Å²) < 4.78 is 10.3. The molecule has 0 unspecified atom stereocenters. The number of morpholine rings is 1. The summed E-state index contributed by atoms with van der Waals surface area (Å²) >= 11 is 0. The first kappa shape index (κ1) is 16.9. The Bertz CT molecular complexity index is 713. The SMILES string of the molecule is O=C(COC(=O)c1ccccn1)Nc1ccc(N2CCOCC2)cc1. The predicted octanol–water partition coefficient (Wildman–Crippen LogP) is 1.71. The average Bonchev–Trinajstić information content (AvgIpc) is 2.68. The van der Waals surface area contributed by atoms with Crippen LogP contribution in [0.2, 0.25) is 0 Å². The summed E-state index contributed by atoms with van der Waals surface area (Å²) in [5, 5.41) is 2.70. The number of rotatable bonds is 5. The minimum absolute atomic E-state index is 0.171. The zero-order valence-corrected chi connectivity index (χ0v) is 13.7. The number of carbonyl (C=O) groups is 2. The van der Waals surface area contributed by atoms with Crippen molar-refractivity contribution in [2.75, 3.05) is 43.1 Å². The first-order valence-electron chi connectivity index (χ1n) is 8.03. The summed E-state index contributed by atoms with van der Waals surface area (Å²) in [4.78, 5) is 29.7. The molecule has 0 spiro atoms. The maximum atomic E-state index is 11.9. The molecule has 1 aromatic carbocycles. The third-order valence-electron chi connectivity index (χ3n) is 3.74. The molecule has 1 aromatic heterocycles. The molecule has 1 aliphatic rings. The van der Waals surface area contributed by atoms with Crippen molar-refractivity contribution < 1.29 is 19.1 Å². The molecule has 0 radical (unpaired) electrons. The van der Waals surface area contributed by atoms with Crippen molar-refractivity contribution in [3.05, 3.63) is 54.4 Å². The molecule has 0 atom stereocenters. The van der Waals surface area contributed by atoms with E-state index >= 15 is 0 Å². The van der Waals surface area contributed by atoms with Crippen molar-refractivity contribution in [1.29, 1.82) is 0 Å². The lowest BCUT2D eigenvalue weighted by atomic mass is 10.2. The quantitative estimate of drug-likeness (QED) is 0.834. The average molecular weight is 341 g/mol. The van der Waals surface area contributed by atoms with E-state index in [9.17, 15) is 9.59 Å². The first-order valence-corrected chi connectivity index (χ1v) is 8.03. The van der Waals surface area contributed by atoms with E-state index in [-0.39, 0.29) is 12.3 Å². The smallest absolute Gasteiger partial charge is 0.357 e. The van der Waals surface area contributed by atoms with Crippen LogP contribution in [0.15, 0.2) is 48.7 Å². The first-order chi connectivity index (χ1) is 12.2. The van der Waals surface area contributed by atoms with E-state index < -0.39 is 11.9 Å². The lowest BCUT2D eigenvalue weighted by molar-refractivity contribution is -0.119. The van der Waals surface area contributed by atoms with Crippen LogP contribution in [0.25, 0.3) is 0 Å². The topological polar surface area (TPSA) is 80.8 Å². The monoisotopic (exact) mass is 341 g/mol. The molecule has 1 amide bonds. The fourth-order valence-electron chi connectivity index (χ4n) is 2.46. The van der Waals surface area contributed by atoms with E-state index in [1.165, 1.54) is 12.3 Å². The summed E-state index contributed by atoms with van der Waals surface area (Å²) in [6.45, 7) is 2.80. The van der Waals surface area contributed by atoms with Gasteiger partial charge in [-0.25, -0.2) is 9.78 Å². The molecule has 2 aromatic rings. The van der Waals surface area contributed by atoms with Crippen LogP contribution in [0.5, 0.6) is 0 Å². The Labute approximate surface area is 145 Å². The van der Waals surface area contributed by atoms with Crippen LogP contribution in [0, 0.1) is 0 Å². The van der Waals surface area contributed by atoms with Crippen molar-refractivity contribution in [3.8, 4) is 0 Å². The second-order valence-electron chi connectivity index (χ2n) is 5.49. The summed E-state index contributed by atoms with van der Waals surface area (Å²) in [6, 6.07) is 12.4. The van der Waals surface area contributed by atoms with Gasteiger partial charge in [-0.2, -0.15) is 0 Å². The van der Waals surface area contributed by atoms with Gasteiger partial charge in [-0.05, 0) is 36.4 Å². The van der Waals surface area contributed by atoms with Crippen LogP contribution in [0.1, 0.15) is 10.5 Å². The van der Waals surface area contributed by atoms with Gasteiger partial charge < -0.3 is 19.7 Å². The molecule has 0 saturated carbocycles. The van der Waals surface area contributed by atoms with E-state index in [0.717, 1.165) is 32.0 Å². The zero-order valence-electron chi connectivity index (χ0n) is 13.7. The number of hydrogen-bond acceptors (Lipinski definition) is 6. The predicted molar refractivity (Wildman–Crippen MR) is 92.6 cm³/mol. The lowest BCUT2D eigenvalue weighted by Crippen LogP contribution is -2.36. The lowest BCUT2D eigenvalue weighted by Gasteiger charge is -2.28. The molecule has 0 bridgehead atoms. The molecule has 1 N–H and O–H groups in total. The maximum Gasteiger partial charge on any atom is 0.357 e. The van der Waals surface area contributed by atoms with Gasteiger partial charge >= 0.3 is 5.97 Å². The van der Waals surface area contributed by atoms with Gasteiger partial charge in [-0.3, -0.25) is 4.79 Å². The maximum absolute atomic E-state index is 11.9. The largest absolute Gasteiger partial charge is 0.451 e. The number of pyridine rings is 1. The van der Waals surface area contributed by atoms with Crippen LogP contribution in [0.3, 0.4) is 0 Å². The Balaban J connectivity index is 1.48. The minimum Gasteiger partial charge on any atom is -0.451 e. The number of nitrogens with zero attached hydrogens (tertiary/aromatic N) is 2. The van der Waals surface area contributed by atoms with Crippen LogP contribution in [0.4, 0.5) is 11.4 Å². The summed E-state index contributed by atoms with van der Waals surface area (Å²) in [6.07, 6.45) is 1.49. The molecule has 130 valence electrons. The third-order valence-corrected chi connectivity index (χ3v) is 3.74. The van der Waals surface area contributed by atoms with Crippen LogP contribution in [-0.4, -0.2) is 49.8 Å². The van der Waals surface area contributed by atoms with Crippen molar-refractivity contribution in [2.45, 2.75) is 0 Å². The van der Waals surface area contributed by atoms with E-state index in [4.69, 9.17) is 9.47 Å². The summed E-state index contributed by atoms with van der Waals surface area (Å²) in [5.41, 5.74) is 1.91.